The summed E-state index contributed by atoms with van der Waals surface area (Å²) >= 11 is 5.95. The normalized spacial score (nSPS) is 19.8. The predicted molar refractivity (Wildman–Crippen MR) is 103 cm³/mol. The number of halogens is 1. The van der Waals surface area contributed by atoms with Crippen LogP contribution in [0.15, 0.2) is 66.9 Å². The molecule has 2 aromatic rings. The molecule has 0 bridgehead atoms. The lowest BCUT2D eigenvalue weighted by molar-refractivity contribution is 0.0130. The van der Waals surface area contributed by atoms with Gasteiger partial charge in [-0.05, 0) is 29.8 Å². The highest BCUT2D eigenvalue weighted by atomic mass is 35.5. The number of amides is 1. The molecule has 134 valence electrons. The van der Waals surface area contributed by atoms with Crippen LogP contribution in [0.25, 0.3) is 0 Å². The minimum absolute atomic E-state index is 0.353. The molecule has 5 heteroatoms. The molecule has 0 N–H and O–H groups in total. The molecule has 0 aromatic heterocycles. The molecule has 0 atom stereocenters. The molecule has 2 aliphatic rings. The molecular weight excluding hydrogens is 348 g/mol. The quantitative estimate of drug-likeness (QED) is 0.776. The van der Waals surface area contributed by atoms with Gasteiger partial charge in [0, 0.05) is 37.5 Å². The number of rotatable bonds is 3. The molecule has 2 aliphatic heterocycles. The van der Waals surface area contributed by atoms with Gasteiger partial charge in [-0.15, -0.1) is 0 Å². The van der Waals surface area contributed by atoms with Crippen molar-refractivity contribution >= 4 is 23.4 Å². The molecule has 0 aliphatic carbocycles. The van der Waals surface area contributed by atoms with Crippen LogP contribution in [-0.4, -0.2) is 29.7 Å². The Morgan fingerprint density at radius 1 is 1.04 bits per heavy atom. The van der Waals surface area contributed by atoms with E-state index in [0.29, 0.717) is 5.02 Å². The van der Waals surface area contributed by atoms with Crippen LogP contribution in [0.2, 0.25) is 5.02 Å². The lowest BCUT2D eigenvalue weighted by Crippen LogP contribution is -2.45. The van der Waals surface area contributed by atoms with Gasteiger partial charge in [-0.1, -0.05) is 48.5 Å². The summed E-state index contributed by atoms with van der Waals surface area (Å²) < 4.78 is 5.83. The van der Waals surface area contributed by atoms with Crippen LogP contribution in [-0.2, 0) is 11.3 Å². The molecule has 2 heterocycles. The van der Waals surface area contributed by atoms with Crippen LogP contribution < -0.4 is 4.90 Å². The van der Waals surface area contributed by atoms with Gasteiger partial charge in [-0.3, -0.25) is 4.90 Å². The average molecular weight is 369 g/mol. The molecule has 2 aromatic carbocycles. The molecule has 1 spiro atoms. The average Bonchev–Trinajstić information content (AvgIpc) is 2.89. The first-order valence-corrected chi connectivity index (χ1v) is 9.20. The number of hydrogen-bond acceptors (Lipinski definition) is 3. The Labute approximate surface area is 158 Å². The minimum atomic E-state index is -0.593. The molecule has 0 unspecified atom stereocenters. The number of likely N-dealkylation sites (tertiary alicyclic amines) is 1. The zero-order valence-electron chi connectivity index (χ0n) is 14.5. The molecule has 26 heavy (non-hydrogen) atoms. The van der Waals surface area contributed by atoms with Crippen molar-refractivity contribution in [1.29, 1.82) is 0 Å². The lowest BCUT2D eigenvalue weighted by Gasteiger charge is -2.38. The van der Waals surface area contributed by atoms with E-state index in [1.54, 1.807) is 17.0 Å². The van der Waals surface area contributed by atoms with E-state index in [1.807, 2.05) is 18.2 Å². The van der Waals surface area contributed by atoms with Crippen molar-refractivity contribution in [2.75, 3.05) is 18.0 Å². The number of nitrogens with zero attached hydrogens (tertiary/aromatic N) is 2. The van der Waals surface area contributed by atoms with Crippen molar-refractivity contribution in [2.24, 2.45) is 0 Å². The minimum Gasteiger partial charge on any atom is -0.436 e. The van der Waals surface area contributed by atoms with Crippen molar-refractivity contribution < 1.29 is 9.53 Å². The standard InChI is InChI=1S/C21H21ClN2O2/c1-16-21(26-20(25)24(16)19-9-7-18(22)8-10-19)11-13-23(14-12-21)15-17-5-3-2-4-6-17/h2-10H,1,11-15H2. The van der Waals surface area contributed by atoms with Gasteiger partial charge in [-0.2, -0.15) is 0 Å². The van der Waals surface area contributed by atoms with E-state index >= 15 is 0 Å². The van der Waals surface area contributed by atoms with Crippen LogP contribution >= 0.6 is 11.6 Å². The number of benzene rings is 2. The maximum absolute atomic E-state index is 12.5. The summed E-state index contributed by atoms with van der Waals surface area (Å²) in [6, 6.07) is 17.6. The first-order chi connectivity index (χ1) is 12.6. The topological polar surface area (TPSA) is 32.8 Å². The van der Waals surface area contributed by atoms with Gasteiger partial charge >= 0.3 is 6.09 Å². The molecule has 0 radical (unpaired) electrons. The van der Waals surface area contributed by atoms with Gasteiger partial charge < -0.3 is 4.74 Å². The van der Waals surface area contributed by atoms with Gasteiger partial charge in [-0.25, -0.2) is 9.69 Å². The van der Waals surface area contributed by atoms with Gasteiger partial charge in [0.15, 0.2) is 5.60 Å². The molecule has 0 saturated carbocycles. The first kappa shape index (κ1) is 17.1. The number of anilines is 1. The van der Waals surface area contributed by atoms with E-state index in [1.165, 1.54) is 5.56 Å². The Kier molecular flexibility index (Phi) is 4.47. The summed E-state index contributed by atoms with van der Waals surface area (Å²) in [5.41, 5.74) is 2.18. The summed E-state index contributed by atoms with van der Waals surface area (Å²) in [6.07, 6.45) is 1.16. The molecule has 2 saturated heterocycles. The fraction of sp³-hybridized carbons (Fsp3) is 0.286. The van der Waals surface area contributed by atoms with Crippen molar-refractivity contribution in [3.63, 3.8) is 0 Å². The van der Waals surface area contributed by atoms with E-state index in [-0.39, 0.29) is 6.09 Å². The highest BCUT2D eigenvalue weighted by Crippen LogP contribution is 2.43. The van der Waals surface area contributed by atoms with Crippen LogP contribution in [0.3, 0.4) is 0 Å². The number of hydrogen-bond donors (Lipinski definition) is 0. The molecule has 1 amide bonds. The fourth-order valence-corrected chi connectivity index (χ4v) is 3.87. The van der Waals surface area contributed by atoms with Crippen molar-refractivity contribution in [3.8, 4) is 0 Å². The summed E-state index contributed by atoms with van der Waals surface area (Å²) in [5.74, 6) is 0. The highest BCUT2D eigenvalue weighted by Gasteiger charge is 2.50. The number of carbonyl (C=O) groups excluding carboxylic acids is 1. The third-order valence-corrected chi connectivity index (χ3v) is 5.51. The zero-order chi connectivity index (χ0) is 18.1. The van der Waals surface area contributed by atoms with E-state index in [2.05, 4.69) is 35.7 Å². The molecule has 4 nitrogen and oxygen atoms in total. The molecular formula is C21H21ClN2O2. The summed E-state index contributed by atoms with van der Waals surface area (Å²) in [7, 11) is 0. The maximum atomic E-state index is 12.5. The van der Waals surface area contributed by atoms with Crippen LogP contribution in [0.1, 0.15) is 18.4 Å². The smallest absolute Gasteiger partial charge is 0.419 e. The Morgan fingerprint density at radius 3 is 2.35 bits per heavy atom. The van der Waals surface area contributed by atoms with Gasteiger partial charge in [0.2, 0.25) is 0 Å². The van der Waals surface area contributed by atoms with Crippen molar-refractivity contribution in [2.45, 2.75) is 25.0 Å². The molecule has 2 fully saturated rings. The number of ether oxygens (including phenoxy) is 1. The van der Waals surface area contributed by atoms with Crippen LogP contribution in [0, 0.1) is 0 Å². The second-order valence-corrected chi connectivity index (χ2v) is 7.32. The fourth-order valence-electron chi connectivity index (χ4n) is 3.74. The third-order valence-electron chi connectivity index (χ3n) is 5.26. The first-order valence-electron chi connectivity index (χ1n) is 8.82. The van der Waals surface area contributed by atoms with E-state index < -0.39 is 5.60 Å². The van der Waals surface area contributed by atoms with Gasteiger partial charge in [0.05, 0.1) is 11.4 Å². The number of piperidine rings is 1. The maximum Gasteiger partial charge on any atom is 0.419 e. The molecule has 4 rings (SSSR count). The van der Waals surface area contributed by atoms with Crippen molar-refractivity contribution in [3.05, 3.63) is 77.5 Å². The summed E-state index contributed by atoms with van der Waals surface area (Å²) in [6.45, 7) is 6.86. The monoisotopic (exact) mass is 368 g/mol. The summed E-state index contributed by atoms with van der Waals surface area (Å²) in [5, 5.41) is 0.635. The largest absolute Gasteiger partial charge is 0.436 e. The zero-order valence-corrected chi connectivity index (χ0v) is 15.3. The summed E-state index contributed by atoms with van der Waals surface area (Å²) in [4.78, 5) is 16.5. The predicted octanol–water partition coefficient (Wildman–Crippen LogP) is 4.85. The van der Waals surface area contributed by atoms with Crippen LogP contribution in [0.5, 0.6) is 0 Å². The Hall–Kier alpha value is -2.30. The highest BCUT2D eigenvalue weighted by molar-refractivity contribution is 6.30. The van der Waals surface area contributed by atoms with E-state index in [9.17, 15) is 4.79 Å². The second kappa shape index (κ2) is 6.78. The Balaban J connectivity index is 1.46. The van der Waals surface area contributed by atoms with E-state index in [4.69, 9.17) is 16.3 Å². The lowest BCUT2D eigenvalue weighted by atomic mass is 9.88. The van der Waals surface area contributed by atoms with Crippen molar-refractivity contribution in [1.82, 2.24) is 4.90 Å². The van der Waals surface area contributed by atoms with Gasteiger partial charge in [0.1, 0.15) is 0 Å². The van der Waals surface area contributed by atoms with E-state index in [0.717, 1.165) is 43.9 Å². The Morgan fingerprint density at radius 2 is 1.69 bits per heavy atom. The Bertz CT molecular complexity index is 812. The van der Waals surface area contributed by atoms with Crippen LogP contribution in [0.4, 0.5) is 10.5 Å². The van der Waals surface area contributed by atoms with Gasteiger partial charge in [0.25, 0.3) is 0 Å². The second-order valence-electron chi connectivity index (χ2n) is 6.88. The number of carbonyl (C=O) groups is 1. The SMILES string of the molecule is C=C1N(c2ccc(Cl)cc2)C(=O)OC12CCN(Cc1ccccc1)CC2. The third kappa shape index (κ3) is 3.11.